The van der Waals surface area contributed by atoms with Crippen molar-refractivity contribution >= 4 is 11.6 Å². The van der Waals surface area contributed by atoms with Crippen LogP contribution in [0.3, 0.4) is 0 Å². The predicted molar refractivity (Wildman–Crippen MR) is 108 cm³/mol. The number of anilines is 1. The Morgan fingerprint density at radius 3 is 2.50 bits per heavy atom. The number of aliphatic hydroxyl groups excluding tert-OH is 1. The van der Waals surface area contributed by atoms with Crippen LogP contribution in [0.4, 0.5) is 5.69 Å². The molecule has 1 aliphatic carbocycles. The van der Waals surface area contributed by atoms with E-state index in [-0.39, 0.29) is 5.91 Å². The number of para-hydroxylation sites is 1. The van der Waals surface area contributed by atoms with Gasteiger partial charge in [0.05, 0.1) is 17.6 Å². The molecule has 1 amide bonds. The lowest BCUT2D eigenvalue weighted by Crippen LogP contribution is -2.25. The summed E-state index contributed by atoms with van der Waals surface area (Å²) in [4.78, 5) is 21.1. The summed E-state index contributed by atoms with van der Waals surface area (Å²) < 4.78 is 0. The Hall–Kier alpha value is -3.25. The van der Waals surface area contributed by atoms with Gasteiger partial charge >= 0.3 is 0 Å². The number of nitrogens with zero attached hydrogens (tertiary/aromatic N) is 2. The minimum absolute atomic E-state index is 0.0489. The molecule has 2 aromatic carbocycles. The second-order valence-electron chi connectivity index (χ2n) is 6.96. The number of hydrogen-bond acceptors (Lipinski definition) is 5. The van der Waals surface area contributed by atoms with E-state index in [0.717, 1.165) is 24.1 Å². The van der Waals surface area contributed by atoms with E-state index in [0.29, 0.717) is 28.7 Å². The Balaban J connectivity index is 1.53. The largest absolute Gasteiger partial charge is 0.368 e. The zero-order chi connectivity index (χ0) is 19.5. The van der Waals surface area contributed by atoms with Crippen LogP contribution in [0.15, 0.2) is 60.8 Å². The van der Waals surface area contributed by atoms with Gasteiger partial charge in [0.2, 0.25) is 0 Å². The van der Waals surface area contributed by atoms with E-state index in [1.165, 1.54) is 0 Å². The second-order valence-corrected chi connectivity index (χ2v) is 6.96. The van der Waals surface area contributed by atoms with E-state index in [4.69, 9.17) is 0 Å². The normalized spacial score (nSPS) is 14.4. The van der Waals surface area contributed by atoms with E-state index in [1.54, 1.807) is 18.3 Å². The lowest BCUT2D eigenvalue weighted by molar-refractivity contribution is 0.0951. The minimum Gasteiger partial charge on any atom is -0.368 e. The van der Waals surface area contributed by atoms with Crippen LogP contribution >= 0.6 is 0 Å². The number of nitrogens with one attached hydrogen (secondary N) is 2. The molecule has 0 radical (unpaired) electrons. The van der Waals surface area contributed by atoms with Gasteiger partial charge in [-0.05, 0) is 44.0 Å². The van der Waals surface area contributed by atoms with Gasteiger partial charge in [0.1, 0.15) is 5.69 Å². The van der Waals surface area contributed by atoms with Gasteiger partial charge in [0, 0.05) is 22.9 Å². The van der Waals surface area contributed by atoms with Gasteiger partial charge in [-0.25, -0.2) is 4.98 Å². The highest BCUT2D eigenvalue weighted by Gasteiger charge is 2.23. The minimum atomic E-state index is -0.974. The highest BCUT2D eigenvalue weighted by atomic mass is 16.3. The van der Waals surface area contributed by atoms with E-state index in [2.05, 4.69) is 20.6 Å². The quantitative estimate of drug-likeness (QED) is 0.575. The Kier molecular flexibility index (Phi) is 5.04. The first kappa shape index (κ1) is 18.1. The fourth-order valence-corrected chi connectivity index (χ4v) is 2.91. The van der Waals surface area contributed by atoms with Crippen LogP contribution in [0, 0.1) is 6.92 Å². The number of rotatable bonds is 6. The molecule has 0 aliphatic heterocycles. The molecule has 0 bridgehead atoms. The molecule has 28 heavy (non-hydrogen) atoms. The van der Waals surface area contributed by atoms with Gasteiger partial charge < -0.3 is 15.7 Å². The van der Waals surface area contributed by atoms with Crippen LogP contribution in [-0.2, 0) is 0 Å². The van der Waals surface area contributed by atoms with Gasteiger partial charge in [-0.1, -0.05) is 30.3 Å². The number of benzene rings is 2. The first-order chi connectivity index (χ1) is 13.6. The maximum Gasteiger partial charge on any atom is 0.251 e. The monoisotopic (exact) mass is 374 g/mol. The van der Waals surface area contributed by atoms with Gasteiger partial charge in [-0.15, -0.1) is 0 Å². The summed E-state index contributed by atoms with van der Waals surface area (Å²) in [6.45, 7) is 1.81. The molecule has 6 heteroatoms. The van der Waals surface area contributed by atoms with Crippen molar-refractivity contribution in [3.05, 3.63) is 77.7 Å². The molecular weight excluding hydrogens is 352 g/mol. The third-order valence-electron chi connectivity index (χ3n) is 4.68. The molecule has 0 saturated heterocycles. The van der Waals surface area contributed by atoms with Gasteiger partial charge in [0.25, 0.3) is 5.91 Å². The van der Waals surface area contributed by atoms with Crippen molar-refractivity contribution in [2.45, 2.75) is 32.0 Å². The zero-order valence-electron chi connectivity index (χ0n) is 15.6. The van der Waals surface area contributed by atoms with Crippen molar-refractivity contribution in [1.82, 2.24) is 15.3 Å². The molecule has 1 unspecified atom stereocenters. The zero-order valence-corrected chi connectivity index (χ0v) is 15.6. The fourth-order valence-electron chi connectivity index (χ4n) is 2.91. The molecule has 142 valence electrons. The van der Waals surface area contributed by atoms with Crippen LogP contribution in [0.1, 0.15) is 40.8 Å². The third kappa shape index (κ3) is 4.18. The van der Waals surface area contributed by atoms with Crippen molar-refractivity contribution in [3.8, 4) is 11.3 Å². The predicted octanol–water partition coefficient (Wildman–Crippen LogP) is 3.45. The lowest BCUT2D eigenvalue weighted by Gasteiger charge is -2.16. The number of aliphatic hydroxyl groups is 1. The Morgan fingerprint density at radius 2 is 1.82 bits per heavy atom. The van der Waals surface area contributed by atoms with E-state index < -0.39 is 6.23 Å². The molecule has 1 heterocycles. The topological polar surface area (TPSA) is 87.1 Å². The van der Waals surface area contributed by atoms with Crippen LogP contribution in [0.2, 0.25) is 0 Å². The van der Waals surface area contributed by atoms with Crippen molar-refractivity contribution in [1.29, 1.82) is 0 Å². The molecule has 3 N–H and O–H groups in total. The average molecular weight is 374 g/mol. The standard InChI is InChI=1S/C22H22N4O2/c1-14-20(22(28)25-17-5-3-2-4-6-17)26-19(13-23-14)15-7-9-16(10-8-15)21(27)24-18-11-12-18/h2-10,13,18,22,25,28H,11-12H2,1H3,(H,24,27). The second kappa shape index (κ2) is 7.78. The van der Waals surface area contributed by atoms with Crippen molar-refractivity contribution < 1.29 is 9.90 Å². The van der Waals surface area contributed by atoms with E-state index in [9.17, 15) is 9.90 Å². The molecule has 1 aliphatic rings. The smallest absolute Gasteiger partial charge is 0.251 e. The first-order valence-electron chi connectivity index (χ1n) is 9.34. The van der Waals surface area contributed by atoms with E-state index in [1.807, 2.05) is 49.4 Å². The highest BCUT2D eigenvalue weighted by molar-refractivity contribution is 5.95. The fraction of sp³-hybridized carbons (Fsp3) is 0.227. The molecule has 0 spiro atoms. The van der Waals surface area contributed by atoms with Crippen molar-refractivity contribution in [2.24, 2.45) is 0 Å². The summed E-state index contributed by atoms with van der Waals surface area (Å²) in [5.41, 5.74) is 4.03. The maximum atomic E-state index is 12.1. The Bertz CT molecular complexity index is 970. The highest BCUT2D eigenvalue weighted by Crippen LogP contribution is 2.23. The molecule has 1 fully saturated rings. The summed E-state index contributed by atoms with van der Waals surface area (Å²) in [5.74, 6) is -0.0489. The molecule has 1 saturated carbocycles. The van der Waals surface area contributed by atoms with Gasteiger partial charge in [-0.3, -0.25) is 9.78 Å². The summed E-state index contributed by atoms with van der Waals surface area (Å²) >= 11 is 0. The summed E-state index contributed by atoms with van der Waals surface area (Å²) in [5, 5.41) is 16.6. The summed E-state index contributed by atoms with van der Waals surface area (Å²) in [7, 11) is 0. The molecule has 1 atom stereocenters. The van der Waals surface area contributed by atoms with Crippen LogP contribution in [-0.4, -0.2) is 27.0 Å². The Morgan fingerprint density at radius 1 is 1.11 bits per heavy atom. The molecule has 4 rings (SSSR count). The average Bonchev–Trinajstić information content (AvgIpc) is 3.53. The maximum absolute atomic E-state index is 12.1. The van der Waals surface area contributed by atoms with Crippen molar-refractivity contribution in [3.63, 3.8) is 0 Å². The number of aryl methyl sites for hydroxylation is 1. The third-order valence-corrected chi connectivity index (χ3v) is 4.68. The van der Waals surface area contributed by atoms with Gasteiger partial charge in [-0.2, -0.15) is 0 Å². The van der Waals surface area contributed by atoms with Crippen LogP contribution < -0.4 is 10.6 Å². The van der Waals surface area contributed by atoms with Gasteiger partial charge in [0.15, 0.2) is 6.23 Å². The summed E-state index contributed by atoms with van der Waals surface area (Å²) in [6.07, 6.45) is 2.82. The van der Waals surface area contributed by atoms with Crippen LogP contribution in [0.25, 0.3) is 11.3 Å². The van der Waals surface area contributed by atoms with Crippen LogP contribution in [0.5, 0.6) is 0 Å². The lowest BCUT2D eigenvalue weighted by atomic mass is 10.1. The number of carbonyl (C=O) groups is 1. The van der Waals surface area contributed by atoms with E-state index >= 15 is 0 Å². The SMILES string of the molecule is Cc1ncc(-c2ccc(C(=O)NC3CC3)cc2)nc1C(O)Nc1ccccc1. The molecule has 3 aromatic rings. The summed E-state index contributed by atoms with van der Waals surface area (Å²) in [6, 6.07) is 17.1. The number of aromatic nitrogens is 2. The number of carbonyl (C=O) groups excluding carboxylic acids is 1. The first-order valence-corrected chi connectivity index (χ1v) is 9.34. The number of hydrogen-bond donors (Lipinski definition) is 3. The van der Waals surface area contributed by atoms with Crippen molar-refractivity contribution in [2.75, 3.05) is 5.32 Å². The Labute approximate surface area is 163 Å². The molecule has 6 nitrogen and oxygen atoms in total. The molecular formula is C22H22N4O2. The molecule has 1 aromatic heterocycles. The number of amides is 1.